The van der Waals surface area contributed by atoms with Crippen LogP contribution in [0.1, 0.15) is 31.2 Å². The lowest BCUT2D eigenvalue weighted by molar-refractivity contribution is 0.251. The van der Waals surface area contributed by atoms with Crippen LogP contribution < -0.4 is 25.8 Å². The maximum Gasteiger partial charge on any atom is 0.321 e. The van der Waals surface area contributed by atoms with E-state index in [2.05, 4.69) is 25.8 Å². The Morgan fingerprint density at radius 3 is 2.60 bits per heavy atom. The lowest BCUT2D eigenvalue weighted by Gasteiger charge is -2.21. The Hall–Kier alpha value is -3.29. The summed E-state index contributed by atoms with van der Waals surface area (Å²) < 4.78 is 0. The Kier molecular flexibility index (Phi) is 6.32. The third-order valence-corrected chi connectivity index (χ3v) is 5.46. The first-order valence-electron chi connectivity index (χ1n) is 10.6. The number of rotatable bonds is 5. The zero-order chi connectivity index (χ0) is 20.8. The van der Waals surface area contributed by atoms with Crippen molar-refractivity contribution in [3.63, 3.8) is 0 Å². The average Bonchev–Trinajstić information content (AvgIpc) is 3.01. The van der Waals surface area contributed by atoms with Crippen LogP contribution in [0.4, 0.5) is 26.8 Å². The molecule has 30 heavy (non-hydrogen) atoms. The van der Waals surface area contributed by atoms with E-state index in [4.69, 9.17) is 0 Å². The molecule has 4 amide bonds. The molecule has 3 heterocycles. The van der Waals surface area contributed by atoms with Crippen molar-refractivity contribution < 1.29 is 9.59 Å². The van der Waals surface area contributed by atoms with E-state index in [1.165, 1.54) is 25.7 Å². The van der Waals surface area contributed by atoms with Crippen LogP contribution in [-0.2, 0) is 6.54 Å². The van der Waals surface area contributed by atoms with Crippen LogP contribution in [0.25, 0.3) is 0 Å². The average molecular weight is 409 g/mol. The van der Waals surface area contributed by atoms with Crippen LogP contribution >= 0.6 is 0 Å². The number of amides is 4. The van der Waals surface area contributed by atoms with Gasteiger partial charge in [0, 0.05) is 50.3 Å². The highest BCUT2D eigenvalue weighted by molar-refractivity contribution is 5.95. The van der Waals surface area contributed by atoms with E-state index in [9.17, 15) is 9.59 Å². The Morgan fingerprint density at radius 2 is 1.90 bits per heavy atom. The van der Waals surface area contributed by atoms with Gasteiger partial charge in [-0.1, -0.05) is 25.0 Å². The third kappa shape index (κ3) is 5.00. The van der Waals surface area contributed by atoms with Crippen molar-refractivity contribution in [3.05, 3.63) is 48.2 Å². The molecular formula is C22H28N6O2. The molecule has 1 aromatic heterocycles. The summed E-state index contributed by atoms with van der Waals surface area (Å²) in [5, 5.41) is 8.45. The standard InChI is InChI=1S/C22H28N6O2/c29-21(26-18-6-5-7-19(14-18)28-13-10-23-22(28)30)25-16-17-8-9-20(24-15-17)27-11-3-1-2-4-12-27/h5-9,14-15H,1-4,10-13,16H2,(H,23,30)(H2,25,26,29). The predicted molar refractivity (Wildman–Crippen MR) is 118 cm³/mol. The Bertz CT molecular complexity index is 877. The summed E-state index contributed by atoms with van der Waals surface area (Å²) in [6.45, 7) is 3.76. The molecule has 2 aliphatic heterocycles. The SMILES string of the molecule is O=C(NCc1ccc(N2CCCCCC2)nc1)Nc1cccc(N2CCNC2=O)c1. The van der Waals surface area contributed by atoms with Crippen LogP contribution in [0, 0.1) is 0 Å². The van der Waals surface area contributed by atoms with Gasteiger partial charge < -0.3 is 20.9 Å². The largest absolute Gasteiger partial charge is 0.357 e. The number of carbonyl (C=O) groups is 2. The number of anilines is 3. The molecule has 0 radical (unpaired) electrons. The summed E-state index contributed by atoms with van der Waals surface area (Å²) in [5.74, 6) is 1.01. The van der Waals surface area contributed by atoms with Gasteiger partial charge in [-0.3, -0.25) is 4.90 Å². The molecule has 0 atom stereocenters. The maximum absolute atomic E-state index is 12.3. The second kappa shape index (κ2) is 9.47. The first-order chi connectivity index (χ1) is 14.7. The molecule has 0 spiro atoms. The van der Waals surface area contributed by atoms with Gasteiger partial charge in [0.2, 0.25) is 0 Å². The molecule has 8 nitrogen and oxygen atoms in total. The third-order valence-electron chi connectivity index (χ3n) is 5.46. The zero-order valence-electron chi connectivity index (χ0n) is 17.1. The molecule has 3 N–H and O–H groups in total. The van der Waals surface area contributed by atoms with Crippen LogP contribution in [-0.4, -0.2) is 43.2 Å². The summed E-state index contributed by atoms with van der Waals surface area (Å²) in [6, 6.07) is 10.9. The van der Waals surface area contributed by atoms with E-state index in [0.717, 1.165) is 30.2 Å². The van der Waals surface area contributed by atoms with E-state index >= 15 is 0 Å². The molecule has 0 saturated carbocycles. The van der Waals surface area contributed by atoms with Gasteiger partial charge in [-0.05, 0) is 42.7 Å². The molecule has 0 unspecified atom stereocenters. The van der Waals surface area contributed by atoms with Crippen molar-refractivity contribution in [1.29, 1.82) is 0 Å². The number of benzene rings is 1. The highest BCUT2D eigenvalue weighted by atomic mass is 16.2. The molecule has 158 valence electrons. The van der Waals surface area contributed by atoms with Gasteiger partial charge in [-0.25, -0.2) is 14.6 Å². The van der Waals surface area contributed by atoms with Gasteiger partial charge in [-0.15, -0.1) is 0 Å². The maximum atomic E-state index is 12.3. The number of nitrogens with one attached hydrogen (secondary N) is 3. The molecule has 8 heteroatoms. The van der Waals surface area contributed by atoms with E-state index in [1.807, 2.05) is 30.5 Å². The van der Waals surface area contributed by atoms with Crippen LogP contribution in [0.15, 0.2) is 42.6 Å². The summed E-state index contributed by atoms with van der Waals surface area (Å²) >= 11 is 0. The lowest BCUT2D eigenvalue weighted by Crippen LogP contribution is -2.29. The summed E-state index contributed by atoms with van der Waals surface area (Å²) in [7, 11) is 0. The highest BCUT2D eigenvalue weighted by Crippen LogP contribution is 2.21. The number of hydrogen-bond donors (Lipinski definition) is 3. The molecule has 2 fully saturated rings. The van der Waals surface area contributed by atoms with Gasteiger partial charge in [0.05, 0.1) is 0 Å². The predicted octanol–water partition coefficient (Wildman–Crippen LogP) is 3.31. The minimum Gasteiger partial charge on any atom is -0.357 e. The number of nitrogens with zero attached hydrogens (tertiary/aromatic N) is 3. The fourth-order valence-corrected chi connectivity index (χ4v) is 3.84. The minimum atomic E-state index is -0.297. The number of carbonyl (C=O) groups excluding carboxylic acids is 2. The van der Waals surface area contributed by atoms with E-state index in [0.29, 0.717) is 25.3 Å². The number of hydrogen-bond acceptors (Lipinski definition) is 4. The van der Waals surface area contributed by atoms with Crippen LogP contribution in [0.3, 0.4) is 0 Å². The molecule has 2 aromatic rings. The zero-order valence-corrected chi connectivity index (χ0v) is 17.1. The molecule has 0 aliphatic carbocycles. The van der Waals surface area contributed by atoms with Crippen molar-refractivity contribution in [3.8, 4) is 0 Å². The van der Waals surface area contributed by atoms with Crippen molar-refractivity contribution in [2.24, 2.45) is 0 Å². The molecule has 0 bridgehead atoms. The van der Waals surface area contributed by atoms with Gasteiger partial charge in [0.1, 0.15) is 5.82 Å². The first-order valence-corrected chi connectivity index (χ1v) is 10.6. The monoisotopic (exact) mass is 408 g/mol. The van der Waals surface area contributed by atoms with Crippen LogP contribution in [0.5, 0.6) is 0 Å². The van der Waals surface area contributed by atoms with Gasteiger partial charge in [0.25, 0.3) is 0 Å². The second-order valence-electron chi connectivity index (χ2n) is 7.67. The van der Waals surface area contributed by atoms with Crippen LogP contribution in [0.2, 0.25) is 0 Å². The normalized spacial score (nSPS) is 16.7. The molecule has 2 saturated heterocycles. The number of aromatic nitrogens is 1. The van der Waals surface area contributed by atoms with E-state index < -0.39 is 0 Å². The fraction of sp³-hybridized carbons (Fsp3) is 0.409. The fourth-order valence-electron chi connectivity index (χ4n) is 3.84. The summed E-state index contributed by atoms with van der Waals surface area (Å²) in [5.41, 5.74) is 2.35. The lowest BCUT2D eigenvalue weighted by atomic mass is 10.2. The Balaban J connectivity index is 1.29. The Labute approximate surface area is 176 Å². The van der Waals surface area contributed by atoms with Crippen molar-refractivity contribution in [2.75, 3.05) is 41.3 Å². The van der Waals surface area contributed by atoms with E-state index in [1.54, 1.807) is 17.0 Å². The first kappa shape index (κ1) is 20.0. The second-order valence-corrected chi connectivity index (χ2v) is 7.67. The summed E-state index contributed by atoms with van der Waals surface area (Å²) in [6.07, 6.45) is 6.85. The smallest absolute Gasteiger partial charge is 0.321 e. The quantitative estimate of drug-likeness (QED) is 0.708. The summed E-state index contributed by atoms with van der Waals surface area (Å²) in [4.78, 5) is 32.7. The number of pyridine rings is 1. The van der Waals surface area contributed by atoms with Crippen molar-refractivity contribution >= 4 is 29.3 Å². The number of urea groups is 2. The van der Waals surface area contributed by atoms with Gasteiger partial charge in [-0.2, -0.15) is 0 Å². The van der Waals surface area contributed by atoms with Gasteiger partial charge >= 0.3 is 12.1 Å². The minimum absolute atomic E-state index is 0.118. The highest BCUT2D eigenvalue weighted by Gasteiger charge is 2.21. The topological polar surface area (TPSA) is 89.6 Å². The van der Waals surface area contributed by atoms with Crippen molar-refractivity contribution in [2.45, 2.75) is 32.2 Å². The van der Waals surface area contributed by atoms with Gasteiger partial charge in [0.15, 0.2) is 0 Å². The molecule has 2 aliphatic rings. The molecular weight excluding hydrogens is 380 g/mol. The molecule has 1 aromatic carbocycles. The van der Waals surface area contributed by atoms with E-state index in [-0.39, 0.29) is 12.1 Å². The Morgan fingerprint density at radius 1 is 1.07 bits per heavy atom. The van der Waals surface area contributed by atoms with Crippen molar-refractivity contribution in [1.82, 2.24) is 15.6 Å². The molecule has 4 rings (SSSR count).